The Morgan fingerprint density at radius 2 is 1.59 bits per heavy atom. The van der Waals surface area contributed by atoms with E-state index in [1.54, 1.807) is 0 Å². The second kappa shape index (κ2) is 4.46. The van der Waals surface area contributed by atoms with Crippen LogP contribution >= 0.6 is 0 Å². The van der Waals surface area contributed by atoms with Crippen molar-refractivity contribution < 1.29 is 0 Å². The summed E-state index contributed by atoms with van der Waals surface area (Å²) < 4.78 is 1.04. The molecule has 2 fully saturated rings. The van der Waals surface area contributed by atoms with Crippen molar-refractivity contribution in [1.29, 1.82) is 0 Å². The molecule has 96 valence electrons. The Labute approximate surface area is 111 Å². The fourth-order valence-electron chi connectivity index (χ4n) is 4.04. The van der Waals surface area contributed by atoms with Crippen molar-refractivity contribution in [3.05, 3.63) is 0 Å². The molecule has 0 nitrogen and oxygen atoms in total. The summed E-state index contributed by atoms with van der Waals surface area (Å²) in [6.07, 6.45) is 4.51. The first kappa shape index (κ1) is 13.7. The summed E-state index contributed by atoms with van der Waals surface area (Å²) in [6, 6.07) is 0. The number of rotatable bonds is 1. The van der Waals surface area contributed by atoms with Crippen molar-refractivity contribution in [3.63, 3.8) is 0 Å². The van der Waals surface area contributed by atoms with Gasteiger partial charge in [0.05, 0.1) is 0 Å². The van der Waals surface area contributed by atoms with E-state index in [0.717, 1.165) is 22.5 Å². The predicted molar refractivity (Wildman–Crippen MR) is 82.5 cm³/mol. The zero-order valence-electron chi connectivity index (χ0n) is 12.4. The molecule has 0 aliphatic heterocycles. The van der Waals surface area contributed by atoms with E-state index in [4.69, 9.17) is 0 Å². The van der Waals surface area contributed by atoms with E-state index in [1.165, 1.54) is 19.3 Å². The molecular weight excluding hydrogens is 281 g/mol. The van der Waals surface area contributed by atoms with Crippen LogP contribution in [0.5, 0.6) is 0 Å². The van der Waals surface area contributed by atoms with Crippen LogP contribution in [0.25, 0.3) is 0 Å². The van der Waals surface area contributed by atoms with Gasteiger partial charge >= 0.3 is 111 Å². The van der Waals surface area contributed by atoms with Gasteiger partial charge in [0.1, 0.15) is 0 Å². The average Bonchev–Trinajstić information content (AvgIpc) is 2.70. The van der Waals surface area contributed by atoms with E-state index in [1.807, 2.05) is 0 Å². The Hall–Kier alpha value is 0.320. The molecule has 0 aromatic carbocycles. The molecule has 4 atom stereocenters. The van der Waals surface area contributed by atoms with Crippen LogP contribution in [0.15, 0.2) is 0 Å². The molecule has 2 saturated carbocycles. The quantitative estimate of drug-likeness (QED) is 0.490. The molecule has 2 heteroatoms. The first-order chi connectivity index (χ1) is 7.68. The third-order valence-corrected chi connectivity index (χ3v) is 11.4. The molecule has 2 aliphatic carbocycles. The van der Waals surface area contributed by atoms with Gasteiger partial charge < -0.3 is 0 Å². The fourth-order valence-corrected chi connectivity index (χ4v) is 11.3. The van der Waals surface area contributed by atoms with Gasteiger partial charge in [-0.3, -0.25) is 0 Å². The van der Waals surface area contributed by atoms with Crippen LogP contribution < -0.4 is 0 Å². The van der Waals surface area contributed by atoms with Crippen molar-refractivity contribution in [1.82, 2.24) is 0 Å². The standard InChI is InChI=1S/C15H28GeSi/c1-16(2,3)15-13-8-7-12(11-13)14(15)9-10-17(4,5)6/h12-15H,7-8,11H2,1-6H3/t12-,13+,14+,15-/m0/s1. The predicted octanol–water partition coefficient (Wildman–Crippen LogP) is 4.62. The molecule has 0 radical (unpaired) electrons. The van der Waals surface area contributed by atoms with E-state index in [9.17, 15) is 0 Å². The first-order valence-electron chi connectivity index (χ1n) is 7.21. The van der Waals surface area contributed by atoms with Crippen LogP contribution in [-0.4, -0.2) is 21.3 Å². The first-order valence-corrected chi connectivity index (χ1v) is 18.2. The minimum absolute atomic E-state index is 0.792. The molecular formula is C15H28GeSi. The number of fused-ring (bicyclic) bond motifs is 2. The fraction of sp³-hybridized carbons (Fsp3) is 0.867. The van der Waals surface area contributed by atoms with Gasteiger partial charge in [-0.15, -0.1) is 0 Å². The summed E-state index contributed by atoms with van der Waals surface area (Å²) in [5.41, 5.74) is 3.67. The number of hydrogen-bond acceptors (Lipinski definition) is 0. The van der Waals surface area contributed by atoms with Crippen LogP contribution in [0.1, 0.15) is 19.3 Å². The summed E-state index contributed by atoms with van der Waals surface area (Å²) in [7, 11) is -1.18. The van der Waals surface area contributed by atoms with Gasteiger partial charge in [-0.05, 0) is 0 Å². The Morgan fingerprint density at radius 3 is 2.12 bits per heavy atom. The summed E-state index contributed by atoms with van der Waals surface area (Å²) in [5, 5.41) is 0. The number of hydrogen-bond donors (Lipinski definition) is 0. The van der Waals surface area contributed by atoms with E-state index in [-0.39, 0.29) is 0 Å². The second-order valence-corrected chi connectivity index (χ2v) is 24.3. The van der Waals surface area contributed by atoms with Crippen LogP contribution in [0, 0.1) is 29.2 Å². The van der Waals surface area contributed by atoms with Crippen molar-refractivity contribution in [3.8, 4) is 11.5 Å². The average molecular weight is 309 g/mol. The molecule has 2 bridgehead atoms. The monoisotopic (exact) mass is 310 g/mol. The summed E-state index contributed by atoms with van der Waals surface area (Å²) in [5.74, 6) is 14.4. The van der Waals surface area contributed by atoms with E-state index >= 15 is 0 Å². The van der Waals surface area contributed by atoms with Gasteiger partial charge in [-0.1, -0.05) is 0 Å². The Bertz CT molecular complexity index is 350. The summed E-state index contributed by atoms with van der Waals surface area (Å²) >= 11 is -1.54. The zero-order valence-corrected chi connectivity index (χ0v) is 15.5. The van der Waals surface area contributed by atoms with Crippen LogP contribution in [0.2, 0.25) is 41.7 Å². The maximum atomic E-state index is 3.77. The molecule has 0 heterocycles. The van der Waals surface area contributed by atoms with E-state index in [0.29, 0.717) is 0 Å². The van der Waals surface area contributed by atoms with Crippen LogP contribution in [0.3, 0.4) is 0 Å². The molecule has 2 aliphatic rings. The maximum absolute atomic E-state index is 3.77. The van der Waals surface area contributed by atoms with Crippen LogP contribution in [-0.2, 0) is 0 Å². The normalized spacial score (nSPS) is 36.8. The molecule has 17 heavy (non-hydrogen) atoms. The topological polar surface area (TPSA) is 0 Å². The third-order valence-electron chi connectivity index (χ3n) is 4.53. The molecule has 0 unspecified atom stereocenters. The SMILES string of the molecule is C[Si](C)(C)C#C[C@@H]1[C@H]2CC[C@H](C2)[C@@H]1[Ge]([CH3])([CH3])[CH3]. The van der Waals surface area contributed by atoms with E-state index in [2.05, 4.69) is 48.4 Å². The van der Waals surface area contributed by atoms with Gasteiger partial charge in [-0.25, -0.2) is 0 Å². The van der Waals surface area contributed by atoms with Crippen molar-refractivity contribution in [2.24, 2.45) is 17.8 Å². The second-order valence-electron chi connectivity index (χ2n) is 8.27. The van der Waals surface area contributed by atoms with Gasteiger partial charge in [0.15, 0.2) is 0 Å². The zero-order chi connectivity index (χ0) is 12.8. The molecule has 0 amide bonds. The Morgan fingerprint density at radius 1 is 1.00 bits per heavy atom. The van der Waals surface area contributed by atoms with Gasteiger partial charge in [-0.2, -0.15) is 0 Å². The van der Waals surface area contributed by atoms with Crippen molar-refractivity contribution >= 4 is 21.3 Å². The van der Waals surface area contributed by atoms with Gasteiger partial charge in [0.2, 0.25) is 0 Å². The molecule has 0 aromatic rings. The summed E-state index contributed by atoms with van der Waals surface area (Å²) in [6.45, 7) is 7.13. The summed E-state index contributed by atoms with van der Waals surface area (Å²) in [4.78, 5) is 0. The van der Waals surface area contributed by atoms with Gasteiger partial charge in [0, 0.05) is 0 Å². The minimum atomic E-state index is -1.54. The molecule has 0 aromatic heterocycles. The third kappa shape index (κ3) is 3.01. The van der Waals surface area contributed by atoms with Gasteiger partial charge in [0.25, 0.3) is 0 Å². The van der Waals surface area contributed by atoms with Crippen molar-refractivity contribution in [2.75, 3.05) is 0 Å². The molecule has 0 saturated heterocycles. The van der Waals surface area contributed by atoms with Crippen LogP contribution in [0.4, 0.5) is 0 Å². The molecule has 0 spiro atoms. The Kier molecular flexibility index (Phi) is 3.60. The molecule has 0 N–H and O–H groups in total. The Balaban J connectivity index is 2.22. The van der Waals surface area contributed by atoms with E-state index < -0.39 is 21.3 Å². The van der Waals surface area contributed by atoms with Crippen molar-refractivity contribution in [2.45, 2.75) is 60.9 Å². The molecule has 2 rings (SSSR count).